The van der Waals surface area contributed by atoms with Crippen LogP contribution in [-0.4, -0.2) is 0 Å². The molecule has 30 heavy (non-hydrogen) atoms. The van der Waals surface area contributed by atoms with Gasteiger partial charge in [-0.15, -0.1) is 0 Å². The molecule has 0 spiro atoms. The van der Waals surface area contributed by atoms with Crippen molar-refractivity contribution in [1.29, 1.82) is 0 Å². The summed E-state index contributed by atoms with van der Waals surface area (Å²) in [7, 11) is 0. The first kappa shape index (κ1) is 21.1. The van der Waals surface area contributed by atoms with E-state index in [0.29, 0.717) is 5.56 Å². The maximum Gasteiger partial charge on any atom is 0.419 e. The van der Waals surface area contributed by atoms with Crippen molar-refractivity contribution in [3.05, 3.63) is 81.7 Å². The molecule has 4 rings (SSSR count). The van der Waals surface area contributed by atoms with E-state index in [2.05, 4.69) is 31.2 Å². The zero-order valence-electron chi connectivity index (χ0n) is 17.4. The predicted octanol–water partition coefficient (Wildman–Crippen LogP) is 7.58. The Balaban J connectivity index is 1.50. The normalized spacial score (nSPS) is 21.5. The van der Waals surface area contributed by atoms with E-state index in [-0.39, 0.29) is 5.92 Å². The number of hydrogen-bond donors (Lipinski definition) is 0. The maximum absolute atomic E-state index is 14.0. The van der Waals surface area contributed by atoms with Crippen molar-refractivity contribution in [2.24, 2.45) is 5.92 Å². The summed E-state index contributed by atoms with van der Waals surface area (Å²) < 4.78 is 52.6. The number of alkyl halides is 3. The fraction of sp³-hybridized carbons (Fsp3) is 0.462. The van der Waals surface area contributed by atoms with E-state index in [1.165, 1.54) is 41.2 Å². The standard InChI is InChI=1S/C26H28F4/c1-2-3-4-5-17-6-11-22-20(14-17)7-8-21-15-18(9-12-23(21)22)19-10-13-24(25(27)16-19)26(28,29)30/h2-3,7-8,10,13,16-18H,4-6,9,11-12,14-15H2,1H3/t17-,18-/m0/s1. The summed E-state index contributed by atoms with van der Waals surface area (Å²) in [5, 5.41) is 0. The van der Waals surface area contributed by atoms with E-state index in [0.717, 1.165) is 56.6 Å². The Labute approximate surface area is 176 Å². The number of rotatable bonds is 4. The van der Waals surface area contributed by atoms with E-state index < -0.39 is 17.6 Å². The van der Waals surface area contributed by atoms with Crippen molar-refractivity contribution in [3.8, 4) is 0 Å². The molecule has 0 aromatic heterocycles. The van der Waals surface area contributed by atoms with Crippen LogP contribution in [0.1, 0.15) is 71.9 Å². The van der Waals surface area contributed by atoms with E-state index >= 15 is 0 Å². The highest BCUT2D eigenvalue weighted by Crippen LogP contribution is 2.40. The van der Waals surface area contributed by atoms with Crippen LogP contribution >= 0.6 is 0 Å². The van der Waals surface area contributed by atoms with Crippen LogP contribution in [0.15, 0.2) is 42.5 Å². The first-order chi connectivity index (χ1) is 14.4. The molecule has 2 aromatic rings. The zero-order chi connectivity index (χ0) is 21.3. The van der Waals surface area contributed by atoms with Gasteiger partial charge in [0.15, 0.2) is 0 Å². The Morgan fingerprint density at radius 2 is 1.67 bits per heavy atom. The monoisotopic (exact) mass is 416 g/mol. The van der Waals surface area contributed by atoms with Gasteiger partial charge in [-0.3, -0.25) is 0 Å². The lowest BCUT2D eigenvalue weighted by Gasteiger charge is -2.32. The predicted molar refractivity (Wildman–Crippen MR) is 112 cm³/mol. The summed E-state index contributed by atoms with van der Waals surface area (Å²) in [6, 6.07) is 7.89. The second-order valence-corrected chi connectivity index (χ2v) is 8.77. The minimum absolute atomic E-state index is 0.0736. The van der Waals surface area contributed by atoms with Gasteiger partial charge in [0, 0.05) is 0 Å². The lowest BCUT2D eigenvalue weighted by atomic mass is 9.73. The molecule has 0 aliphatic heterocycles. The quantitative estimate of drug-likeness (QED) is 0.356. The van der Waals surface area contributed by atoms with Crippen LogP contribution in [0.3, 0.4) is 0 Å². The van der Waals surface area contributed by atoms with Crippen LogP contribution in [0.5, 0.6) is 0 Å². The zero-order valence-corrected chi connectivity index (χ0v) is 17.4. The highest BCUT2D eigenvalue weighted by Gasteiger charge is 2.34. The van der Waals surface area contributed by atoms with Crippen LogP contribution in [-0.2, 0) is 31.9 Å². The first-order valence-corrected chi connectivity index (χ1v) is 11.0. The van der Waals surface area contributed by atoms with Gasteiger partial charge in [0.2, 0.25) is 0 Å². The van der Waals surface area contributed by atoms with E-state index in [1.54, 1.807) is 0 Å². The fourth-order valence-corrected chi connectivity index (χ4v) is 5.29. The summed E-state index contributed by atoms with van der Waals surface area (Å²) in [6.07, 6.45) is 8.16. The average Bonchev–Trinajstić information content (AvgIpc) is 2.72. The molecule has 0 bridgehead atoms. The van der Waals surface area contributed by atoms with Crippen LogP contribution in [0.2, 0.25) is 0 Å². The van der Waals surface area contributed by atoms with Crippen molar-refractivity contribution >= 4 is 0 Å². The SMILES string of the molecule is CC=CCC[C@H]1CCc2c(ccc3c2CC[C@H](c2ccc(C(F)(F)F)c(F)c2)C3)C1. The van der Waals surface area contributed by atoms with Crippen molar-refractivity contribution in [3.63, 3.8) is 0 Å². The van der Waals surface area contributed by atoms with Crippen LogP contribution in [0.25, 0.3) is 0 Å². The molecular weight excluding hydrogens is 388 g/mol. The number of allylic oxidation sites excluding steroid dienone is 2. The third-order valence-corrected chi connectivity index (χ3v) is 6.89. The first-order valence-electron chi connectivity index (χ1n) is 11.0. The highest BCUT2D eigenvalue weighted by molar-refractivity contribution is 5.45. The van der Waals surface area contributed by atoms with Gasteiger partial charge in [0.25, 0.3) is 0 Å². The second-order valence-electron chi connectivity index (χ2n) is 8.77. The minimum Gasteiger partial charge on any atom is -0.206 e. The van der Waals surface area contributed by atoms with E-state index in [9.17, 15) is 17.6 Å². The maximum atomic E-state index is 14.0. The van der Waals surface area contributed by atoms with Crippen LogP contribution < -0.4 is 0 Å². The molecule has 2 aliphatic rings. The lowest BCUT2D eigenvalue weighted by molar-refractivity contribution is -0.140. The molecule has 2 aromatic carbocycles. The fourth-order valence-electron chi connectivity index (χ4n) is 5.29. The molecule has 0 fully saturated rings. The molecule has 0 saturated carbocycles. The number of fused-ring (bicyclic) bond motifs is 3. The molecule has 0 N–H and O–H groups in total. The summed E-state index contributed by atoms with van der Waals surface area (Å²) in [6.45, 7) is 2.06. The Morgan fingerprint density at radius 1 is 0.967 bits per heavy atom. The molecule has 0 nitrogen and oxygen atoms in total. The van der Waals surface area contributed by atoms with Gasteiger partial charge in [-0.05, 0) is 110 Å². The Kier molecular flexibility index (Phi) is 6.04. The summed E-state index contributed by atoms with van der Waals surface area (Å²) in [5.74, 6) is -0.345. The molecular formula is C26H28F4. The third-order valence-electron chi connectivity index (χ3n) is 6.89. The van der Waals surface area contributed by atoms with Crippen molar-refractivity contribution < 1.29 is 17.6 Å². The van der Waals surface area contributed by atoms with Gasteiger partial charge in [-0.25, -0.2) is 4.39 Å². The van der Waals surface area contributed by atoms with E-state index in [4.69, 9.17) is 0 Å². The van der Waals surface area contributed by atoms with Crippen LogP contribution in [0, 0.1) is 11.7 Å². The molecule has 0 unspecified atom stereocenters. The molecule has 0 saturated heterocycles. The third kappa shape index (κ3) is 4.33. The van der Waals surface area contributed by atoms with Crippen molar-refractivity contribution in [2.75, 3.05) is 0 Å². The molecule has 2 aliphatic carbocycles. The molecule has 160 valence electrons. The summed E-state index contributed by atoms with van der Waals surface area (Å²) >= 11 is 0. The minimum atomic E-state index is -4.65. The smallest absolute Gasteiger partial charge is 0.206 e. The Morgan fingerprint density at radius 3 is 2.33 bits per heavy atom. The van der Waals surface area contributed by atoms with Crippen molar-refractivity contribution in [2.45, 2.75) is 70.4 Å². The van der Waals surface area contributed by atoms with Gasteiger partial charge in [-0.1, -0.05) is 30.4 Å². The van der Waals surface area contributed by atoms with Gasteiger partial charge in [0.1, 0.15) is 5.82 Å². The highest BCUT2D eigenvalue weighted by atomic mass is 19.4. The second kappa shape index (κ2) is 8.56. The van der Waals surface area contributed by atoms with Crippen molar-refractivity contribution in [1.82, 2.24) is 0 Å². The largest absolute Gasteiger partial charge is 0.419 e. The summed E-state index contributed by atoms with van der Waals surface area (Å²) in [4.78, 5) is 0. The average molecular weight is 417 g/mol. The van der Waals surface area contributed by atoms with Gasteiger partial charge in [0.05, 0.1) is 5.56 Å². The van der Waals surface area contributed by atoms with Crippen LogP contribution in [0.4, 0.5) is 17.6 Å². The van der Waals surface area contributed by atoms with E-state index in [1.807, 2.05) is 0 Å². The molecule has 2 atom stereocenters. The van der Waals surface area contributed by atoms with Gasteiger partial charge >= 0.3 is 6.18 Å². The topological polar surface area (TPSA) is 0 Å². The lowest BCUT2D eigenvalue weighted by Crippen LogP contribution is -2.21. The number of hydrogen-bond acceptors (Lipinski definition) is 0. The molecule has 0 radical (unpaired) electrons. The molecule has 0 amide bonds. The number of halogens is 4. The Hall–Kier alpha value is -2.10. The number of benzene rings is 2. The summed E-state index contributed by atoms with van der Waals surface area (Å²) in [5.41, 5.74) is 5.21. The molecule has 0 heterocycles. The van der Waals surface area contributed by atoms with Gasteiger partial charge in [-0.2, -0.15) is 13.2 Å². The molecule has 4 heteroatoms. The van der Waals surface area contributed by atoms with Gasteiger partial charge < -0.3 is 0 Å². The Bertz CT molecular complexity index is 939.